The zero-order valence-corrected chi connectivity index (χ0v) is 13.1. The first-order chi connectivity index (χ1) is 11.1. The van der Waals surface area contributed by atoms with E-state index in [4.69, 9.17) is 0 Å². The van der Waals surface area contributed by atoms with Crippen LogP contribution in [0.15, 0.2) is 34.3 Å². The molecule has 0 bridgehead atoms. The molecule has 24 heavy (non-hydrogen) atoms. The van der Waals surface area contributed by atoms with Crippen molar-refractivity contribution in [1.29, 1.82) is 0 Å². The minimum atomic E-state index is -5.69. The summed E-state index contributed by atoms with van der Waals surface area (Å²) in [6, 6.07) is 6.12. The van der Waals surface area contributed by atoms with Crippen molar-refractivity contribution >= 4 is 22.8 Å². The number of benzene rings is 1. The van der Waals surface area contributed by atoms with Crippen molar-refractivity contribution < 1.29 is 26.3 Å². The van der Waals surface area contributed by atoms with Gasteiger partial charge in [-0.2, -0.15) is 26.3 Å². The lowest BCUT2D eigenvalue weighted by Gasteiger charge is -2.36. The molecule has 0 aromatic heterocycles. The average molecular weight is 367 g/mol. The Morgan fingerprint density at radius 2 is 1.58 bits per heavy atom. The normalized spacial score (nSPS) is 20.5. The fourth-order valence-corrected chi connectivity index (χ4v) is 3.39. The summed E-state index contributed by atoms with van der Waals surface area (Å²) in [6.45, 7) is 2.02. The first-order valence-electron chi connectivity index (χ1n) is 6.86. The second-order valence-corrected chi connectivity index (χ2v) is 6.43. The lowest BCUT2D eigenvalue weighted by molar-refractivity contribution is -0.292. The fraction of sp³-hybridized carbons (Fsp3) is 0.429. The van der Waals surface area contributed by atoms with E-state index in [0.29, 0.717) is 5.75 Å². The van der Waals surface area contributed by atoms with Gasteiger partial charge in [0.25, 0.3) is 0 Å². The van der Waals surface area contributed by atoms with Crippen LogP contribution in [0, 0.1) is 6.92 Å². The van der Waals surface area contributed by atoms with E-state index < -0.39 is 18.0 Å². The van der Waals surface area contributed by atoms with Gasteiger partial charge in [0.15, 0.2) is 5.17 Å². The monoisotopic (exact) mass is 367 g/mol. The molecule has 0 radical (unpaired) electrons. The Morgan fingerprint density at radius 3 is 2.12 bits per heavy atom. The van der Waals surface area contributed by atoms with E-state index in [9.17, 15) is 26.3 Å². The Labute approximate surface area is 137 Å². The lowest BCUT2D eigenvalue weighted by atomic mass is 10.1. The second-order valence-electron chi connectivity index (χ2n) is 5.36. The van der Waals surface area contributed by atoms with Crippen LogP contribution in [0.4, 0.5) is 26.3 Å². The standard InChI is InChI=1S/C14H11F6N3S/c1-8-2-4-9(5-3-8)10-21-12(13(15,16)17,14(18,19)20)22-11-23(10)6-7-24-11/h2-5H,6-7H2,1H3. The van der Waals surface area contributed by atoms with Crippen molar-refractivity contribution in [2.24, 2.45) is 9.98 Å². The summed E-state index contributed by atoms with van der Waals surface area (Å²) in [6.07, 6.45) is -11.4. The van der Waals surface area contributed by atoms with Crippen LogP contribution >= 0.6 is 11.8 Å². The van der Waals surface area contributed by atoms with Crippen molar-refractivity contribution in [3.63, 3.8) is 0 Å². The molecule has 0 N–H and O–H groups in total. The Bertz CT molecular complexity index is 691. The van der Waals surface area contributed by atoms with Crippen LogP contribution in [0.25, 0.3) is 0 Å². The lowest BCUT2D eigenvalue weighted by Crippen LogP contribution is -2.58. The molecular weight excluding hydrogens is 356 g/mol. The molecule has 2 aliphatic heterocycles. The van der Waals surface area contributed by atoms with Gasteiger partial charge in [-0.15, -0.1) is 0 Å². The summed E-state index contributed by atoms with van der Waals surface area (Å²) in [7, 11) is 0. The molecule has 1 saturated heterocycles. The minimum Gasteiger partial charge on any atom is -0.305 e. The van der Waals surface area contributed by atoms with E-state index in [0.717, 1.165) is 17.3 Å². The molecule has 0 saturated carbocycles. The Balaban J connectivity index is 2.23. The number of halogens is 6. The van der Waals surface area contributed by atoms with Gasteiger partial charge in [0, 0.05) is 17.9 Å². The van der Waals surface area contributed by atoms with Crippen molar-refractivity contribution in [1.82, 2.24) is 4.90 Å². The van der Waals surface area contributed by atoms with Crippen molar-refractivity contribution in [3.05, 3.63) is 35.4 Å². The number of hydrogen-bond acceptors (Lipinski definition) is 4. The maximum atomic E-state index is 13.3. The van der Waals surface area contributed by atoms with Crippen molar-refractivity contribution in [2.45, 2.75) is 24.9 Å². The zero-order chi connectivity index (χ0) is 17.8. The summed E-state index contributed by atoms with van der Waals surface area (Å²) in [5.74, 6) is -0.0187. The van der Waals surface area contributed by atoms with Crippen LogP contribution in [0.5, 0.6) is 0 Å². The van der Waals surface area contributed by atoms with Crippen LogP contribution < -0.4 is 0 Å². The van der Waals surface area contributed by atoms with Gasteiger partial charge in [0.2, 0.25) is 0 Å². The summed E-state index contributed by atoms with van der Waals surface area (Å²) in [4.78, 5) is 7.37. The average Bonchev–Trinajstić information content (AvgIpc) is 2.93. The zero-order valence-electron chi connectivity index (χ0n) is 12.2. The van der Waals surface area contributed by atoms with Gasteiger partial charge in [-0.05, 0) is 6.92 Å². The highest BCUT2D eigenvalue weighted by Gasteiger charge is 2.74. The molecule has 0 amide bonds. The third-order valence-electron chi connectivity index (χ3n) is 3.66. The number of alkyl halides is 6. The molecule has 1 fully saturated rings. The molecule has 2 heterocycles. The van der Waals surface area contributed by atoms with Crippen molar-refractivity contribution in [2.75, 3.05) is 12.3 Å². The Morgan fingerprint density at radius 1 is 1.00 bits per heavy atom. The van der Waals surface area contributed by atoms with Crippen LogP contribution in [0.1, 0.15) is 11.1 Å². The number of hydrogen-bond donors (Lipinski definition) is 0. The van der Waals surface area contributed by atoms with Crippen LogP contribution in [-0.2, 0) is 0 Å². The predicted molar refractivity (Wildman–Crippen MR) is 79.2 cm³/mol. The van der Waals surface area contributed by atoms with E-state index in [1.54, 1.807) is 19.1 Å². The first kappa shape index (κ1) is 17.1. The molecule has 130 valence electrons. The van der Waals surface area contributed by atoms with E-state index >= 15 is 0 Å². The van der Waals surface area contributed by atoms with E-state index in [2.05, 4.69) is 9.98 Å². The molecule has 0 aliphatic carbocycles. The van der Waals surface area contributed by atoms with Crippen LogP contribution in [0.2, 0.25) is 0 Å². The van der Waals surface area contributed by atoms with E-state index in [1.807, 2.05) is 0 Å². The summed E-state index contributed by atoms with van der Waals surface area (Å²) >= 11 is 0.857. The van der Waals surface area contributed by atoms with Crippen LogP contribution in [-0.4, -0.2) is 46.2 Å². The number of rotatable bonds is 1. The molecule has 0 spiro atoms. The first-order valence-corrected chi connectivity index (χ1v) is 7.84. The Hall–Kier alpha value is -1.71. The molecule has 1 aromatic rings. The van der Waals surface area contributed by atoms with Gasteiger partial charge in [0.1, 0.15) is 5.84 Å². The third kappa shape index (κ3) is 2.56. The molecule has 1 aromatic carbocycles. The SMILES string of the molecule is Cc1ccc(C2=NC(C(F)(F)F)(C(F)(F)F)N=C3SCCN32)cc1. The fourth-order valence-electron chi connectivity index (χ4n) is 2.41. The highest BCUT2D eigenvalue weighted by Crippen LogP contribution is 2.50. The van der Waals surface area contributed by atoms with Crippen molar-refractivity contribution in [3.8, 4) is 0 Å². The number of amidine groups is 2. The topological polar surface area (TPSA) is 28.0 Å². The highest BCUT2D eigenvalue weighted by molar-refractivity contribution is 8.14. The molecule has 3 rings (SSSR count). The number of thioether (sulfide) groups is 1. The largest absolute Gasteiger partial charge is 0.443 e. The molecule has 0 unspecified atom stereocenters. The minimum absolute atomic E-state index is 0.188. The molecule has 3 nitrogen and oxygen atoms in total. The highest BCUT2D eigenvalue weighted by atomic mass is 32.2. The van der Waals surface area contributed by atoms with Gasteiger partial charge < -0.3 is 4.90 Å². The second kappa shape index (κ2) is 5.40. The molecule has 0 atom stereocenters. The van der Waals surface area contributed by atoms with Gasteiger partial charge in [-0.25, -0.2) is 9.98 Å². The Kier molecular flexibility index (Phi) is 3.85. The number of fused-ring (bicyclic) bond motifs is 1. The van der Waals surface area contributed by atoms with Crippen LogP contribution in [0.3, 0.4) is 0 Å². The third-order valence-corrected chi connectivity index (χ3v) is 4.61. The molecule has 10 heteroatoms. The predicted octanol–water partition coefficient (Wildman–Crippen LogP) is 3.98. The smallest absolute Gasteiger partial charge is 0.305 e. The van der Waals surface area contributed by atoms with E-state index in [-0.39, 0.29) is 23.1 Å². The summed E-state index contributed by atoms with van der Waals surface area (Å²) in [5.41, 5.74) is -3.45. The number of nitrogens with zero attached hydrogens (tertiary/aromatic N) is 3. The van der Waals surface area contributed by atoms with Gasteiger partial charge >= 0.3 is 18.0 Å². The maximum absolute atomic E-state index is 13.3. The van der Waals surface area contributed by atoms with E-state index in [1.165, 1.54) is 17.0 Å². The van der Waals surface area contributed by atoms with Gasteiger partial charge in [0.05, 0.1) is 0 Å². The van der Waals surface area contributed by atoms with Gasteiger partial charge in [-0.3, -0.25) is 0 Å². The maximum Gasteiger partial charge on any atom is 0.443 e. The molecule has 2 aliphatic rings. The molecular formula is C14H11F6N3S. The summed E-state index contributed by atoms with van der Waals surface area (Å²) < 4.78 is 80.0. The number of aliphatic imine (C=N–C) groups is 2. The number of aryl methyl sites for hydroxylation is 1. The van der Waals surface area contributed by atoms with Gasteiger partial charge in [-0.1, -0.05) is 41.6 Å². The quantitative estimate of drug-likeness (QED) is 0.703. The summed E-state index contributed by atoms with van der Waals surface area (Å²) in [5, 5.41) is -0.310.